The molecule has 0 bridgehead atoms. The van der Waals surface area contributed by atoms with Gasteiger partial charge in [-0.3, -0.25) is 13.9 Å². The van der Waals surface area contributed by atoms with Crippen molar-refractivity contribution in [3.8, 4) is 0 Å². The van der Waals surface area contributed by atoms with E-state index in [-0.39, 0.29) is 6.04 Å². The summed E-state index contributed by atoms with van der Waals surface area (Å²) in [5.41, 5.74) is 0. The van der Waals surface area contributed by atoms with Gasteiger partial charge in [0.1, 0.15) is 6.04 Å². The lowest BCUT2D eigenvalue weighted by molar-refractivity contribution is -0.139. The molecule has 4 N–H and O–H groups in total. The van der Waals surface area contributed by atoms with Crippen LogP contribution in [0.15, 0.2) is 0 Å². The summed E-state index contributed by atoms with van der Waals surface area (Å²) in [4.78, 5) is 10.4. The van der Waals surface area contributed by atoms with Crippen LogP contribution < -0.4 is 5.32 Å². The van der Waals surface area contributed by atoms with Crippen molar-refractivity contribution < 1.29 is 27.4 Å². The van der Waals surface area contributed by atoms with E-state index in [1.54, 1.807) is 18.8 Å². The summed E-state index contributed by atoms with van der Waals surface area (Å²) < 4.78 is 31.6. The third-order valence-corrected chi connectivity index (χ3v) is 1.90. The van der Waals surface area contributed by atoms with Crippen LogP contribution in [0.4, 0.5) is 0 Å². The number of thioether (sulfide) groups is 1. The van der Waals surface area contributed by atoms with Gasteiger partial charge in [0.2, 0.25) is 0 Å². The number of hydrogen-bond acceptors (Lipinski definition) is 5. The molecular formula is C6H15NO6S2. The van der Waals surface area contributed by atoms with Crippen molar-refractivity contribution in [3.63, 3.8) is 0 Å². The molecule has 0 spiro atoms. The van der Waals surface area contributed by atoms with Gasteiger partial charge in [-0.15, -0.1) is 0 Å². The Bertz CT molecular complexity index is 257. The fourth-order valence-corrected chi connectivity index (χ4v) is 1.10. The highest BCUT2D eigenvalue weighted by molar-refractivity contribution is 7.98. The van der Waals surface area contributed by atoms with E-state index in [1.807, 2.05) is 6.26 Å². The van der Waals surface area contributed by atoms with Gasteiger partial charge in [0.05, 0.1) is 0 Å². The zero-order chi connectivity index (χ0) is 12.5. The van der Waals surface area contributed by atoms with Gasteiger partial charge in [-0.05, 0) is 25.5 Å². The van der Waals surface area contributed by atoms with E-state index in [9.17, 15) is 4.79 Å². The first kappa shape index (κ1) is 17.1. The van der Waals surface area contributed by atoms with Crippen molar-refractivity contribution in [2.24, 2.45) is 0 Å². The Kier molecular flexibility index (Phi) is 10.1. The molecule has 9 heteroatoms. The van der Waals surface area contributed by atoms with Gasteiger partial charge in [-0.1, -0.05) is 0 Å². The predicted octanol–water partition coefficient (Wildman–Crippen LogP) is -0.241. The molecule has 0 aliphatic heterocycles. The molecule has 0 saturated heterocycles. The molecule has 0 heterocycles. The maximum Gasteiger partial charge on any atom is 0.394 e. The average molecular weight is 261 g/mol. The summed E-state index contributed by atoms with van der Waals surface area (Å²) in [7, 11) is -3.00. The van der Waals surface area contributed by atoms with Crippen molar-refractivity contribution in [2.45, 2.75) is 12.5 Å². The lowest BCUT2D eigenvalue weighted by Gasteiger charge is -2.08. The van der Waals surface area contributed by atoms with E-state index in [0.29, 0.717) is 6.42 Å². The minimum Gasteiger partial charge on any atom is -0.480 e. The number of rotatable bonds is 5. The van der Waals surface area contributed by atoms with Crippen molar-refractivity contribution in [3.05, 3.63) is 0 Å². The quantitative estimate of drug-likeness (QED) is 0.500. The predicted molar refractivity (Wildman–Crippen MR) is 57.7 cm³/mol. The lowest BCUT2D eigenvalue weighted by atomic mass is 10.2. The van der Waals surface area contributed by atoms with Crippen molar-refractivity contribution in [1.82, 2.24) is 5.32 Å². The summed E-state index contributed by atoms with van der Waals surface area (Å²) in [6.07, 6.45) is 2.65. The molecule has 7 nitrogen and oxygen atoms in total. The van der Waals surface area contributed by atoms with E-state index >= 15 is 0 Å². The number of nitrogens with one attached hydrogen (secondary N) is 1. The van der Waals surface area contributed by atoms with Gasteiger partial charge < -0.3 is 10.4 Å². The highest BCUT2D eigenvalue weighted by Gasteiger charge is 2.12. The number of carboxylic acids is 1. The zero-order valence-electron chi connectivity index (χ0n) is 8.37. The monoisotopic (exact) mass is 261 g/mol. The first-order valence-corrected chi connectivity index (χ1v) is 6.60. The van der Waals surface area contributed by atoms with Gasteiger partial charge in [0.25, 0.3) is 0 Å². The summed E-state index contributed by atoms with van der Waals surface area (Å²) in [5.74, 6) is 0.120. The molecule has 15 heavy (non-hydrogen) atoms. The van der Waals surface area contributed by atoms with Crippen LogP contribution in [0, 0.1) is 0 Å². The molecule has 0 aromatic carbocycles. The molecule has 0 fully saturated rings. The molecule has 0 unspecified atom stereocenters. The second-order valence-corrected chi connectivity index (χ2v) is 4.29. The molecule has 0 aromatic heterocycles. The Hall–Kier alpha value is -0.350. The highest BCUT2D eigenvalue weighted by Crippen LogP contribution is 1.99. The van der Waals surface area contributed by atoms with Crippen LogP contribution in [0.5, 0.6) is 0 Å². The maximum absolute atomic E-state index is 10.4. The summed E-state index contributed by atoms with van der Waals surface area (Å²) >= 11 is 1.66. The van der Waals surface area contributed by atoms with Crippen LogP contribution in [-0.4, -0.2) is 53.7 Å². The molecule has 0 saturated carbocycles. The summed E-state index contributed by atoms with van der Waals surface area (Å²) in [5, 5.41) is 11.3. The van der Waals surface area contributed by atoms with E-state index in [4.69, 9.17) is 22.6 Å². The number of carboxylic acid groups (broad SMARTS) is 1. The van der Waals surface area contributed by atoms with Crippen molar-refractivity contribution in [1.29, 1.82) is 0 Å². The fourth-order valence-electron chi connectivity index (χ4n) is 0.627. The van der Waals surface area contributed by atoms with Crippen LogP contribution in [0.3, 0.4) is 0 Å². The Morgan fingerprint density at radius 3 is 2.07 bits per heavy atom. The molecule has 0 rings (SSSR count). The minimum atomic E-state index is -4.67. The number of aliphatic carboxylic acids is 1. The van der Waals surface area contributed by atoms with Crippen LogP contribution in [0.1, 0.15) is 6.42 Å². The Balaban J connectivity index is 0. The van der Waals surface area contributed by atoms with E-state index < -0.39 is 16.4 Å². The second kappa shape index (κ2) is 8.92. The first-order valence-electron chi connectivity index (χ1n) is 3.81. The van der Waals surface area contributed by atoms with Gasteiger partial charge in [-0.25, -0.2) is 0 Å². The molecule has 0 aliphatic rings. The smallest absolute Gasteiger partial charge is 0.394 e. The SMILES string of the molecule is CN[C@@H](CCSC)C(=O)O.O=S(=O)(O)O. The third kappa shape index (κ3) is 19.9. The van der Waals surface area contributed by atoms with Crippen LogP contribution in [0.25, 0.3) is 0 Å². The van der Waals surface area contributed by atoms with E-state index in [1.165, 1.54) is 0 Å². The average Bonchev–Trinajstić information content (AvgIpc) is 2.02. The molecule has 0 radical (unpaired) electrons. The van der Waals surface area contributed by atoms with Gasteiger partial charge in [0, 0.05) is 0 Å². The van der Waals surface area contributed by atoms with Crippen LogP contribution in [0.2, 0.25) is 0 Å². The Labute approximate surface area is 92.8 Å². The Morgan fingerprint density at radius 1 is 1.47 bits per heavy atom. The molecule has 0 aromatic rings. The van der Waals surface area contributed by atoms with Crippen LogP contribution >= 0.6 is 11.8 Å². The van der Waals surface area contributed by atoms with Crippen molar-refractivity contribution >= 4 is 28.1 Å². The number of likely N-dealkylation sites (N-methyl/N-ethyl adjacent to an activating group) is 1. The first-order chi connectivity index (χ1) is 6.72. The largest absolute Gasteiger partial charge is 0.480 e. The second-order valence-electron chi connectivity index (χ2n) is 2.41. The lowest BCUT2D eigenvalue weighted by Crippen LogP contribution is -2.34. The number of carbonyl (C=O) groups is 1. The topological polar surface area (TPSA) is 124 Å². The fraction of sp³-hybridized carbons (Fsp3) is 0.833. The minimum absolute atomic E-state index is 0.382. The molecule has 0 aliphatic carbocycles. The van der Waals surface area contributed by atoms with Gasteiger partial charge >= 0.3 is 16.4 Å². The summed E-state index contributed by atoms with van der Waals surface area (Å²) in [6, 6.07) is -0.382. The maximum atomic E-state index is 10.4. The molecular weight excluding hydrogens is 246 g/mol. The highest BCUT2D eigenvalue weighted by atomic mass is 32.3. The normalized spacial score (nSPS) is 12.5. The standard InChI is InChI=1S/C6H13NO2S.H2O4S/c1-7-5(6(8)9)3-4-10-2;1-5(2,3)4/h5,7H,3-4H2,1-2H3,(H,8,9);(H2,1,2,3,4)/t5-;/m0./s1. The summed E-state index contributed by atoms with van der Waals surface area (Å²) in [6.45, 7) is 0. The zero-order valence-corrected chi connectivity index (χ0v) is 10.0. The molecule has 1 atom stereocenters. The number of hydrogen-bond donors (Lipinski definition) is 4. The Morgan fingerprint density at radius 2 is 1.87 bits per heavy atom. The van der Waals surface area contributed by atoms with Gasteiger partial charge in [-0.2, -0.15) is 20.2 Å². The van der Waals surface area contributed by atoms with Gasteiger partial charge in [0.15, 0.2) is 0 Å². The van der Waals surface area contributed by atoms with E-state index in [0.717, 1.165) is 5.75 Å². The third-order valence-electron chi connectivity index (χ3n) is 1.26. The van der Waals surface area contributed by atoms with Crippen molar-refractivity contribution in [2.75, 3.05) is 19.1 Å². The molecule has 0 amide bonds. The van der Waals surface area contributed by atoms with Crippen LogP contribution in [-0.2, 0) is 15.2 Å². The van der Waals surface area contributed by atoms with E-state index in [2.05, 4.69) is 5.32 Å². The molecule has 92 valence electrons.